The molecule has 0 N–H and O–H groups in total. The number of thioether (sulfide) groups is 1. The van der Waals surface area contributed by atoms with Crippen LogP contribution in [-0.2, 0) is 5.75 Å². The molecule has 4 rings (SSSR count). The van der Waals surface area contributed by atoms with Gasteiger partial charge in [0.1, 0.15) is 5.75 Å². The van der Waals surface area contributed by atoms with E-state index in [2.05, 4.69) is 25.1 Å². The van der Waals surface area contributed by atoms with Crippen molar-refractivity contribution in [1.29, 1.82) is 0 Å². The zero-order valence-corrected chi connectivity index (χ0v) is 13.6. The van der Waals surface area contributed by atoms with Crippen LogP contribution >= 0.6 is 11.8 Å². The second-order valence-corrected chi connectivity index (χ2v) is 6.30. The molecule has 0 aliphatic heterocycles. The summed E-state index contributed by atoms with van der Waals surface area (Å²) < 4.78 is 39.7. The molecule has 0 unspecified atom stereocenters. The lowest BCUT2D eigenvalue weighted by molar-refractivity contribution is -0.0498. The molecule has 1 saturated carbocycles. The number of halogens is 2. The van der Waals surface area contributed by atoms with Crippen molar-refractivity contribution in [2.45, 2.75) is 36.3 Å². The molecule has 1 aliphatic rings. The fourth-order valence-electron chi connectivity index (χ4n) is 2.11. The number of nitrogens with zero attached hydrogens (tertiary/aromatic N) is 4. The number of ether oxygens (including phenoxy) is 1. The highest BCUT2D eigenvalue weighted by Gasteiger charge is 2.29. The molecule has 10 heteroatoms. The van der Waals surface area contributed by atoms with Crippen LogP contribution in [0.4, 0.5) is 8.78 Å². The zero-order valence-electron chi connectivity index (χ0n) is 12.8. The lowest BCUT2D eigenvalue weighted by Gasteiger charge is -2.03. The molecule has 0 saturated heterocycles. The van der Waals surface area contributed by atoms with E-state index in [0.717, 1.165) is 12.8 Å². The maximum atomic E-state index is 12.1. The van der Waals surface area contributed by atoms with Crippen LogP contribution in [-0.4, -0.2) is 27.0 Å². The molecule has 0 atom stereocenters. The van der Waals surface area contributed by atoms with Crippen LogP contribution in [0.1, 0.15) is 30.5 Å². The Kier molecular flexibility index (Phi) is 4.35. The predicted octanol–water partition coefficient (Wildman–Crippen LogP) is 3.89. The monoisotopic (exact) mass is 366 g/mol. The zero-order chi connectivity index (χ0) is 17.2. The largest absolute Gasteiger partial charge is 0.435 e. The lowest BCUT2D eigenvalue weighted by Crippen LogP contribution is -2.01. The Morgan fingerprint density at radius 1 is 1.08 bits per heavy atom. The van der Waals surface area contributed by atoms with E-state index in [1.807, 2.05) is 0 Å². The molecule has 130 valence electrons. The summed E-state index contributed by atoms with van der Waals surface area (Å²) in [6.45, 7) is -2.86. The van der Waals surface area contributed by atoms with Crippen LogP contribution in [0.3, 0.4) is 0 Å². The molecular weight excluding hydrogens is 354 g/mol. The quantitative estimate of drug-likeness (QED) is 0.582. The first-order valence-electron chi connectivity index (χ1n) is 7.51. The summed E-state index contributed by atoms with van der Waals surface area (Å²) in [5, 5.41) is 16.2. The average Bonchev–Trinajstić information content (AvgIpc) is 3.16. The van der Waals surface area contributed by atoms with Crippen molar-refractivity contribution in [2.75, 3.05) is 0 Å². The average molecular weight is 366 g/mol. The minimum absolute atomic E-state index is 0.0655. The van der Waals surface area contributed by atoms with E-state index in [-0.39, 0.29) is 11.6 Å². The number of aromatic nitrogens is 4. The molecule has 2 aromatic heterocycles. The highest BCUT2D eigenvalue weighted by Crippen LogP contribution is 2.39. The predicted molar refractivity (Wildman–Crippen MR) is 82.2 cm³/mol. The molecule has 7 nitrogen and oxygen atoms in total. The number of rotatable bonds is 7. The SMILES string of the molecule is FC(F)Oc1ccc(-c2nnc(SCc3nnc(C4CC4)o3)o2)cc1. The highest BCUT2D eigenvalue weighted by molar-refractivity contribution is 7.98. The van der Waals surface area contributed by atoms with Gasteiger partial charge in [-0.25, -0.2) is 0 Å². The van der Waals surface area contributed by atoms with Gasteiger partial charge in [0, 0.05) is 11.5 Å². The standard InChI is InChI=1S/C15H12F2N4O3S/c16-14(17)22-10-5-3-9(4-6-10)13-20-21-15(24-13)25-7-11-18-19-12(23-11)8-1-2-8/h3-6,8,14H,1-2,7H2. The summed E-state index contributed by atoms with van der Waals surface area (Å²) in [6, 6.07) is 5.96. The van der Waals surface area contributed by atoms with Crippen LogP contribution in [0.2, 0.25) is 0 Å². The normalized spacial score (nSPS) is 14.2. The number of alkyl halides is 2. The first-order chi connectivity index (χ1) is 12.2. The van der Waals surface area contributed by atoms with Gasteiger partial charge >= 0.3 is 6.61 Å². The van der Waals surface area contributed by atoms with Crippen LogP contribution in [0.5, 0.6) is 5.75 Å². The Morgan fingerprint density at radius 3 is 2.60 bits per heavy atom. The van der Waals surface area contributed by atoms with Gasteiger partial charge < -0.3 is 13.6 Å². The first-order valence-corrected chi connectivity index (χ1v) is 8.50. The van der Waals surface area contributed by atoms with E-state index < -0.39 is 6.61 Å². The van der Waals surface area contributed by atoms with Crippen LogP contribution < -0.4 is 4.74 Å². The van der Waals surface area contributed by atoms with E-state index in [1.165, 1.54) is 23.9 Å². The van der Waals surface area contributed by atoms with Gasteiger partial charge in [-0.1, -0.05) is 11.8 Å². The summed E-state index contributed by atoms with van der Waals surface area (Å²) in [5.74, 6) is 2.40. The molecule has 2 heterocycles. The Hall–Kier alpha value is -2.49. The maximum absolute atomic E-state index is 12.1. The van der Waals surface area contributed by atoms with Crippen molar-refractivity contribution in [1.82, 2.24) is 20.4 Å². The molecule has 0 bridgehead atoms. The highest BCUT2D eigenvalue weighted by atomic mass is 32.2. The number of hydrogen-bond acceptors (Lipinski definition) is 8. The van der Waals surface area contributed by atoms with Crippen LogP contribution in [0.25, 0.3) is 11.5 Å². The molecule has 3 aromatic rings. The molecule has 1 fully saturated rings. The van der Waals surface area contributed by atoms with Gasteiger partial charge in [-0.2, -0.15) is 8.78 Å². The number of benzene rings is 1. The summed E-state index contributed by atoms with van der Waals surface area (Å²) in [6.07, 6.45) is 2.20. The molecule has 1 aliphatic carbocycles. The summed E-state index contributed by atoms with van der Waals surface area (Å²) in [4.78, 5) is 0. The lowest BCUT2D eigenvalue weighted by atomic mass is 10.2. The van der Waals surface area contributed by atoms with Crippen LogP contribution in [0, 0.1) is 0 Å². The van der Waals surface area contributed by atoms with Crippen LogP contribution in [0.15, 0.2) is 38.3 Å². The summed E-state index contributed by atoms with van der Waals surface area (Å²) >= 11 is 1.29. The molecule has 1 aromatic carbocycles. The summed E-state index contributed by atoms with van der Waals surface area (Å²) in [5.41, 5.74) is 0.606. The summed E-state index contributed by atoms with van der Waals surface area (Å²) in [7, 11) is 0. The van der Waals surface area contributed by atoms with Gasteiger partial charge in [0.25, 0.3) is 5.22 Å². The third-order valence-corrected chi connectivity index (χ3v) is 4.26. The Bertz CT molecular complexity index is 849. The first kappa shape index (κ1) is 16.0. The topological polar surface area (TPSA) is 87.1 Å². The van der Waals surface area contributed by atoms with Gasteiger partial charge in [0.2, 0.25) is 17.7 Å². The molecule has 25 heavy (non-hydrogen) atoms. The third-order valence-electron chi connectivity index (χ3n) is 3.46. The van der Waals surface area contributed by atoms with E-state index in [9.17, 15) is 8.78 Å². The molecule has 0 radical (unpaired) electrons. The Balaban J connectivity index is 1.37. The molecular formula is C15H12F2N4O3S. The van der Waals surface area contributed by atoms with Gasteiger partial charge in [-0.05, 0) is 37.1 Å². The van der Waals surface area contributed by atoms with E-state index in [4.69, 9.17) is 8.83 Å². The fourth-order valence-corrected chi connectivity index (χ4v) is 2.71. The second-order valence-electron chi connectivity index (χ2n) is 5.37. The van der Waals surface area contributed by atoms with E-state index in [0.29, 0.717) is 34.2 Å². The van der Waals surface area contributed by atoms with Crippen molar-refractivity contribution < 1.29 is 22.4 Å². The van der Waals surface area contributed by atoms with Gasteiger partial charge in [-0.15, -0.1) is 20.4 Å². The Labute approximate surface area is 144 Å². The van der Waals surface area contributed by atoms with Gasteiger partial charge in [0.05, 0.1) is 5.75 Å². The smallest absolute Gasteiger partial charge is 0.387 e. The van der Waals surface area contributed by atoms with E-state index >= 15 is 0 Å². The van der Waals surface area contributed by atoms with Crippen molar-refractivity contribution in [3.8, 4) is 17.2 Å². The van der Waals surface area contributed by atoms with Gasteiger partial charge in [-0.3, -0.25) is 0 Å². The minimum Gasteiger partial charge on any atom is -0.435 e. The van der Waals surface area contributed by atoms with Gasteiger partial charge in [0.15, 0.2) is 0 Å². The third kappa shape index (κ3) is 3.95. The van der Waals surface area contributed by atoms with Crippen molar-refractivity contribution in [3.05, 3.63) is 36.0 Å². The minimum atomic E-state index is -2.86. The maximum Gasteiger partial charge on any atom is 0.387 e. The van der Waals surface area contributed by atoms with E-state index in [1.54, 1.807) is 12.1 Å². The van der Waals surface area contributed by atoms with Crippen molar-refractivity contribution in [2.24, 2.45) is 0 Å². The molecule has 0 spiro atoms. The van der Waals surface area contributed by atoms with Crippen molar-refractivity contribution in [3.63, 3.8) is 0 Å². The fraction of sp³-hybridized carbons (Fsp3) is 0.333. The Morgan fingerprint density at radius 2 is 1.88 bits per heavy atom. The van der Waals surface area contributed by atoms with Crippen molar-refractivity contribution >= 4 is 11.8 Å². The molecule has 0 amide bonds. The second kappa shape index (κ2) is 6.79. The number of hydrogen-bond donors (Lipinski definition) is 0.